The van der Waals surface area contributed by atoms with Crippen LogP contribution < -0.4 is 0 Å². The smallest absolute Gasteiger partial charge is 0.330 e. The molecule has 2 heteroatoms. The second kappa shape index (κ2) is 6.96. The maximum absolute atomic E-state index is 11.4. The minimum atomic E-state index is -0.149. The van der Waals surface area contributed by atoms with Gasteiger partial charge in [0.15, 0.2) is 0 Å². The maximum atomic E-state index is 11.4. The summed E-state index contributed by atoms with van der Waals surface area (Å²) in [6.07, 6.45) is 13.7. The van der Waals surface area contributed by atoms with Crippen molar-refractivity contribution in [2.75, 3.05) is 6.61 Å². The van der Waals surface area contributed by atoms with Crippen molar-refractivity contribution in [3.05, 3.63) is 11.6 Å². The molecule has 0 bridgehead atoms. The van der Waals surface area contributed by atoms with Crippen LogP contribution >= 0.6 is 0 Å². The Morgan fingerprint density at radius 1 is 1.11 bits per heavy atom. The normalized spacial score (nSPS) is 25.8. The zero-order valence-electron chi connectivity index (χ0n) is 11.6. The summed E-state index contributed by atoms with van der Waals surface area (Å²) < 4.78 is 4.97. The molecule has 0 aromatic heterocycles. The van der Waals surface area contributed by atoms with E-state index in [4.69, 9.17) is 4.74 Å². The second-order valence-electron chi connectivity index (χ2n) is 5.79. The Labute approximate surface area is 111 Å². The third-order valence-corrected chi connectivity index (χ3v) is 4.60. The molecule has 2 aliphatic carbocycles. The third kappa shape index (κ3) is 3.86. The lowest BCUT2D eigenvalue weighted by molar-refractivity contribution is -0.137. The Bertz CT molecular complexity index is 290. The van der Waals surface area contributed by atoms with E-state index in [0.29, 0.717) is 6.61 Å². The van der Waals surface area contributed by atoms with E-state index >= 15 is 0 Å². The average molecular weight is 250 g/mol. The van der Waals surface area contributed by atoms with Gasteiger partial charge in [-0.05, 0) is 44.4 Å². The summed E-state index contributed by atoms with van der Waals surface area (Å²) in [7, 11) is 0. The second-order valence-corrected chi connectivity index (χ2v) is 5.79. The zero-order chi connectivity index (χ0) is 12.8. The van der Waals surface area contributed by atoms with E-state index in [9.17, 15) is 4.79 Å². The fourth-order valence-electron chi connectivity index (χ4n) is 3.58. The van der Waals surface area contributed by atoms with Crippen molar-refractivity contribution in [3.8, 4) is 0 Å². The highest BCUT2D eigenvalue weighted by Gasteiger charge is 2.26. The van der Waals surface area contributed by atoms with Gasteiger partial charge in [-0.15, -0.1) is 0 Å². The lowest BCUT2D eigenvalue weighted by Gasteiger charge is -2.33. The van der Waals surface area contributed by atoms with Crippen LogP contribution in [-0.4, -0.2) is 12.6 Å². The van der Waals surface area contributed by atoms with Crippen LogP contribution in [0.2, 0.25) is 0 Å². The monoisotopic (exact) mass is 250 g/mol. The number of hydrogen-bond donors (Lipinski definition) is 0. The van der Waals surface area contributed by atoms with E-state index in [0.717, 1.165) is 24.7 Å². The Morgan fingerprint density at radius 3 is 2.33 bits per heavy atom. The Kier molecular flexibility index (Phi) is 5.27. The number of allylic oxidation sites excluding steroid dienone is 1. The summed E-state index contributed by atoms with van der Waals surface area (Å²) in [6, 6.07) is 0. The van der Waals surface area contributed by atoms with Crippen molar-refractivity contribution < 1.29 is 9.53 Å². The molecule has 0 radical (unpaired) electrons. The molecule has 0 unspecified atom stereocenters. The average Bonchev–Trinajstić information content (AvgIpc) is 2.41. The zero-order valence-corrected chi connectivity index (χ0v) is 11.6. The molecule has 0 saturated heterocycles. The van der Waals surface area contributed by atoms with Crippen molar-refractivity contribution >= 4 is 5.97 Å². The van der Waals surface area contributed by atoms with Gasteiger partial charge < -0.3 is 4.74 Å². The van der Waals surface area contributed by atoms with Crippen molar-refractivity contribution in [1.82, 2.24) is 0 Å². The van der Waals surface area contributed by atoms with Crippen molar-refractivity contribution in [2.45, 2.75) is 64.7 Å². The number of rotatable bonds is 3. The first-order valence-electron chi connectivity index (χ1n) is 7.65. The third-order valence-electron chi connectivity index (χ3n) is 4.60. The molecular formula is C16H26O2. The van der Waals surface area contributed by atoms with E-state index in [2.05, 4.69) is 0 Å². The van der Waals surface area contributed by atoms with Gasteiger partial charge in [-0.3, -0.25) is 0 Å². The molecular weight excluding hydrogens is 224 g/mol. The quantitative estimate of drug-likeness (QED) is 0.553. The first kappa shape index (κ1) is 13.6. The van der Waals surface area contributed by atoms with E-state index in [1.807, 2.05) is 6.92 Å². The number of ether oxygens (including phenoxy) is 1. The van der Waals surface area contributed by atoms with Crippen LogP contribution in [0.5, 0.6) is 0 Å². The van der Waals surface area contributed by atoms with Crippen molar-refractivity contribution in [2.24, 2.45) is 11.8 Å². The number of carbonyl (C=O) groups is 1. The fraction of sp³-hybridized carbons (Fsp3) is 0.812. The molecule has 0 atom stereocenters. The molecule has 102 valence electrons. The molecule has 0 amide bonds. The van der Waals surface area contributed by atoms with Crippen molar-refractivity contribution in [1.29, 1.82) is 0 Å². The lowest BCUT2D eigenvalue weighted by atomic mass is 9.72. The van der Waals surface area contributed by atoms with Gasteiger partial charge >= 0.3 is 5.97 Å². The summed E-state index contributed by atoms with van der Waals surface area (Å²) in [5.74, 6) is 1.75. The predicted octanol–water partition coefficient (Wildman–Crippen LogP) is 4.25. The molecule has 0 spiro atoms. The lowest BCUT2D eigenvalue weighted by Crippen LogP contribution is -2.21. The summed E-state index contributed by atoms with van der Waals surface area (Å²) >= 11 is 0. The first-order valence-corrected chi connectivity index (χ1v) is 7.65. The van der Waals surface area contributed by atoms with Gasteiger partial charge in [0.05, 0.1) is 6.61 Å². The fourth-order valence-corrected chi connectivity index (χ4v) is 3.58. The van der Waals surface area contributed by atoms with E-state index in [1.165, 1.54) is 50.5 Å². The topological polar surface area (TPSA) is 26.3 Å². The highest BCUT2D eigenvalue weighted by Crippen LogP contribution is 2.39. The molecule has 0 aromatic carbocycles. The molecule has 2 saturated carbocycles. The summed E-state index contributed by atoms with van der Waals surface area (Å²) in [5.41, 5.74) is 1.31. The number of carbonyl (C=O) groups excluding carboxylic acids is 1. The largest absolute Gasteiger partial charge is 0.463 e. The summed E-state index contributed by atoms with van der Waals surface area (Å²) in [6.45, 7) is 2.34. The molecule has 2 nitrogen and oxygen atoms in total. The molecule has 2 rings (SSSR count). The van der Waals surface area contributed by atoms with Crippen molar-refractivity contribution in [3.63, 3.8) is 0 Å². The van der Waals surface area contributed by atoms with Gasteiger partial charge in [-0.25, -0.2) is 4.79 Å². The minimum Gasteiger partial charge on any atom is -0.463 e. The van der Waals surface area contributed by atoms with Gasteiger partial charge in [0.1, 0.15) is 0 Å². The summed E-state index contributed by atoms with van der Waals surface area (Å²) in [5, 5.41) is 0. The molecule has 0 N–H and O–H groups in total. The van der Waals surface area contributed by atoms with Crippen LogP contribution in [0.25, 0.3) is 0 Å². The first-order chi connectivity index (χ1) is 8.79. The van der Waals surface area contributed by atoms with Gasteiger partial charge in [0, 0.05) is 6.08 Å². The van der Waals surface area contributed by atoms with Crippen LogP contribution in [0.4, 0.5) is 0 Å². The standard InChI is InChI=1S/C16H26O2/c1-2-18-16(17)12-13-8-10-15(11-9-13)14-6-4-3-5-7-14/h12,14-15H,2-11H2,1H3. The molecule has 0 aliphatic heterocycles. The SMILES string of the molecule is CCOC(=O)C=C1CCC(C2CCCCC2)CC1. The molecule has 0 heterocycles. The molecule has 2 fully saturated rings. The van der Waals surface area contributed by atoms with Crippen LogP contribution in [0.1, 0.15) is 64.7 Å². The highest BCUT2D eigenvalue weighted by atomic mass is 16.5. The van der Waals surface area contributed by atoms with E-state index < -0.39 is 0 Å². The Balaban J connectivity index is 1.78. The van der Waals surface area contributed by atoms with Crippen LogP contribution in [0.15, 0.2) is 11.6 Å². The molecule has 0 aromatic rings. The van der Waals surface area contributed by atoms with Crippen LogP contribution in [-0.2, 0) is 9.53 Å². The van der Waals surface area contributed by atoms with Crippen LogP contribution in [0.3, 0.4) is 0 Å². The number of hydrogen-bond acceptors (Lipinski definition) is 2. The van der Waals surface area contributed by atoms with E-state index in [1.54, 1.807) is 6.08 Å². The molecule has 2 aliphatic rings. The van der Waals surface area contributed by atoms with Crippen LogP contribution in [0, 0.1) is 11.8 Å². The van der Waals surface area contributed by atoms with Gasteiger partial charge in [-0.1, -0.05) is 37.7 Å². The predicted molar refractivity (Wildman–Crippen MR) is 73.2 cm³/mol. The summed E-state index contributed by atoms with van der Waals surface area (Å²) in [4.78, 5) is 11.4. The van der Waals surface area contributed by atoms with Gasteiger partial charge in [0.2, 0.25) is 0 Å². The maximum Gasteiger partial charge on any atom is 0.330 e. The highest BCUT2D eigenvalue weighted by molar-refractivity contribution is 5.82. The Morgan fingerprint density at radius 2 is 1.72 bits per heavy atom. The number of esters is 1. The van der Waals surface area contributed by atoms with E-state index in [-0.39, 0.29) is 5.97 Å². The van der Waals surface area contributed by atoms with Gasteiger partial charge in [0.25, 0.3) is 0 Å². The Hall–Kier alpha value is -0.790. The molecule has 18 heavy (non-hydrogen) atoms. The van der Waals surface area contributed by atoms with Gasteiger partial charge in [-0.2, -0.15) is 0 Å². The minimum absolute atomic E-state index is 0.149.